The molecule has 6 nitrogen and oxygen atoms in total. The monoisotopic (exact) mass is 340 g/mol. The zero-order chi connectivity index (χ0) is 18.3. The third-order valence-corrected chi connectivity index (χ3v) is 6.72. The molecule has 5 N–H and O–H groups in total. The van der Waals surface area contributed by atoms with Crippen molar-refractivity contribution in [1.82, 2.24) is 5.32 Å². The molecular formula is C18H32N2O4. The molecule has 2 rings (SSSR count). The Morgan fingerprint density at radius 2 is 1.96 bits per heavy atom. The minimum Gasteiger partial charge on any atom is -0.481 e. The summed E-state index contributed by atoms with van der Waals surface area (Å²) in [5.41, 5.74) is 6.05. The number of carbonyl (C=O) groups is 2. The van der Waals surface area contributed by atoms with Gasteiger partial charge in [-0.25, -0.2) is 0 Å². The summed E-state index contributed by atoms with van der Waals surface area (Å²) in [5, 5.41) is 22.0. The van der Waals surface area contributed by atoms with Gasteiger partial charge in [-0.3, -0.25) is 9.59 Å². The SMILES string of the molecule is C[C@@H](NC(=O)[C@@H](N)CC(=O)O)[C@H](O)C[C@@H]1C(C)(C)[C@@H]2CC[C@@]1(C)C2. The molecule has 0 spiro atoms. The summed E-state index contributed by atoms with van der Waals surface area (Å²) in [4.78, 5) is 22.6. The van der Waals surface area contributed by atoms with E-state index in [2.05, 4.69) is 26.1 Å². The summed E-state index contributed by atoms with van der Waals surface area (Å²) in [6.45, 7) is 8.67. The molecule has 0 heterocycles. The summed E-state index contributed by atoms with van der Waals surface area (Å²) >= 11 is 0. The van der Waals surface area contributed by atoms with Gasteiger partial charge in [-0.05, 0) is 55.3 Å². The lowest BCUT2D eigenvalue weighted by Crippen LogP contribution is -2.50. The smallest absolute Gasteiger partial charge is 0.305 e. The molecule has 2 bridgehead atoms. The summed E-state index contributed by atoms with van der Waals surface area (Å²) < 4.78 is 0. The van der Waals surface area contributed by atoms with Crippen molar-refractivity contribution >= 4 is 11.9 Å². The van der Waals surface area contributed by atoms with E-state index in [1.165, 1.54) is 19.3 Å². The van der Waals surface area contributed by atoms with E-state index >= 15 is 0 Å². The first-order valence-electron chi connectivity index (χ1n) is 8.93. The van der Waals surface area contributed by atoms with Gasteiger partial charge >= 0.3 is 5.97 Å². The number of aliphatic hydroxyl groups excluding tert-OH is 1. The van der Waals surface area contributed by atoms with Gasteiger partial charge in [0.1, 0.15) is 0 Å². The number of rotatable bonds is 7. The molecular weight excluding hydrogens is 308 g/mol. The van der Waals surface area contributed by atoms with Crippen molar-refractivity contribution in [3.05, 3.63) is 0 Å². The van der Waals surface area contributed by atoms with Crippen molar-refractivity contribution in [3.63, 3.8) is 0 Å². The number of carboxylic acid groups (broad SMARTS) is 1. The Bertz CT molecular complexity index is 502. The molecule has 6 heteroatoms. The number of carboxylic acids is 1. The number of hydrogen-bond donors (Lipinski definition) is 4. The predicted molar refractivity (Wildman–Crippen MR) is 91.2 cm³/mol. The van der Waals surface area contributed by atoms with Gasteiger partial charge in [-0.1, -0.05) is 20.8 Å². The Kier molecular flexibility index (Phi) is 5.31. The second-order valence-corrected chi connectivity index (χ2v) is 8.77. The molecule has 0 aromatic heterocycles. The normalized spacial score (nSPS) is 34.6. The average Bonchev–Trinajstić information content (AvgIpc) is 2.93. The molecule has 0 unspecified atom stereocenters. The van der Waals surface area contributed by atoms with Crippen molar-refractivity contribution < 1.29 is 19.8 Å². The maximum Gasteiger partial charge on any atom is 0.305 e. The predicted octanol–water partition coefficient (Wildman–Crippen LogP) is 1.51. The Morgan fingerprint density at radius 3 is 2.46 bits per heavy atom. The van der Waals surface area contributed by atoms with Crippen LogP contribution < -0.4 is 11.1 Å². The van der Waals surface area contributed by atoms with E-state index in [1.54, 1.807) is 6.92 Å². The Labute approximate surface area is 144 Å². The molecule has 2 saturated carbocycles. The van der Waals surface area contributed by atoms with Gasteiger partial charge in [-0.15, -0.1) is 0 Å². The van der Waals surface area contributed by atoms with Gasteiger partial charge < -0.3 is 21.3 Å². The van der Waals surface area contributed by atoms with Crippen LogP contribution in [0.1, 0.15) is 59.8 Å². The molecule has 2 aliphatic rings. The third kappa shape index (κ3) is 3.59. The number of amides is 1. The van der Waals surface area contributed by atoms with Gasteiger partial charge in [0, 0.05) is 0 Å². The Hall–Kier alpha value is -1.14. The number of fused-ring (bicyclic) bond motifs is 2. The molecule has 1 amide bonds. The maximum absolute atomic E-state index is 11.9. The fraction of sp³-hybridized carbons (Fsp3) is 0.889. The quantitative estimate of drug-likeness (QED) is 0.561. The van der Waals surface area contributed by atoms with Gasteiger partial charge in [-0.2, -0.15) is 0 Å². The molecule has 0 aromatic carbocycles. The van der Waals surface area contributed by atoms with E-state index in [1.807, 2.05) is 0 Å². The van der Waals surface area contributed by atoms with Crippen molar-refractivity contribution in [3.8, 4) is 0 Å². The van der Waals surface area contributed by atoms with Crippen molar-refractivity contribution in [1.29, 1.82) is 0 Å². The van der Waals surface area contributed by atoms with E-state index in [4.69, 9.17) is 10.8 Å². The van der Waals surface area contributed by atoms with E-state index in [9.17, 15) is 14.7 Å². The van der Waals surface area contributed by atoms with Crippen LogP contribution >= 0.6 is 0 Å². The second-order valence-electron chi connectivity index (χ2n) is 8.77. The molecule has 24 heavy (non-hydrogen) atoms. The molecule has 6 atom stereocenters. The van der Waals surface area contributed by atoms with Gasteiger partial charge in [0.2, 0.25) is 5.91 Å². The van der Waals surface area contributed by atoms with Crippen LogP contribution in [0.25, 0.3) is 0 Å². The van der Waals surface area contributed by atoms with Crippen molar-refractivity contribution in [2.45, 2.75) is 78.0 Å². The minimum atomic E-state index is -1.11. The van der Waals surface area contributed by atoms with Crippen LogP contribution in [-0.2, 0) is 9.59 Å². The van der Waals surface area contributed by atoms with Gasteiger partial charge in [0.05, 0.1) is 24.6 Å². The number of nitrogens with one attached hydrogen (secondary N) is 1. The lowest BCUT2D eigenvalue weighted by molar-refractivity contribution is -0.139. The molecule has 2 aliphatic carbocycles. The number of nitrogens with two attached hydrogens (primary N) is 1. The minimum absolute atomic E-state index is 0.206. The summed E-state index contributed by atoms with van der Waals surface area (Å²) in [7, 11) is 0. The molecule has 2 fully saturated rings. The molecule has 0 radical (unpaired) electrons. The van der Waals surface area contributed by atoms with Gasteiger partial charge in [0.15, 0.2) is 0 Å². The summed E-state index contributed by atoms with van der Waals surface area (Å²) in [5.74, 6) is -0.496. The van der Waals surface area contributed by atoms with Crippen LogP contribution in [0.2, 0.25) is 0 Å². The number of aliphatic carboxylic acids is 1. The summed E-state index contributed by atoms with van der Waals surface area (Å²) in [6.07, 6.45) is 3.28. The Morgan fingerprint density at radius 1 is 1.33 bits per heavy atom. The fourth-order valence-electron chi connectivity index (χ4n) is 5.15. The highest BCUT2D eigenvalue weighted by molar-refractivity contribution is 5.86. The molecule has 0 saturated heterocycles. The number of aliphatic hydroxyl groups is 1. The maximum atomic E-state index is 11.9. The highest BCUT2D eigenvalue weighted by atomic mass is 16.4. The first-order chi connectivity index (χ1) is 11.0. The third-order valence-electron chi connectivity index (χ3n) is 6.72. The molecule has 0 aliphatic heterocycles. The highest BCUT2D eigenvalue weighted by Crippen LogP contribution is 2.67. The lowest BCUT2D eigenvalue weighted by atomic mass is 9.62. The van der Waals surface area contributed by atoms with Crippen LogP contribution in [0.15, 0.2) is 0 Å². The first-order valence-corrected chi connectivity index (χ1v) is 8.93. The number of carbonyl (C=O) groups excluding carboxylic acids is 1. The van der Waals surface area contributed by atoms with E-state index in [-0.39, 0.29) is 10.8 Å². The van der Waals surface area contributed by atoms with Crippen LogP contribution in [0.4, 0.5) is 0 Å². The van der Waals surface area contributed by atoms with E-state index < -0.39 is 36.5 Å². The zero-order valence-electron chi connectivity index (χ0n) is 15.2. The fourth-order valence-corrected chi connectivity index (χ4v) is 5.15. The van der Waals surface area contributed by atoms with Crippen LogP contribution in [0.5, 0.6) is 0 Å². The zero-order valence-corrected chi connectivity index (χ0v) is 15.2. The average molecular weight is 340 g/mol. The van der Waals surface area contributed by atoms with E-state index in [0.29, 0.717) is 18.3 Å². The molecule has 0 aromatic rings. The van der Waals surface area contributed by atoms with Crippen LogP contribution in [-0.4, -0.2) is 40.3 Å². The van der Waals surface area contributed by atoms with Crippen molar-refractivity contribution in [2.24, 2.45) is 28.4 Å². The Balaban J connectivity index is 1.93. The topological polar surface area (TPSA) is 113 Å². The number of hydrogen-bond acceptors (Lipinski definition) is 4. The van der Waals surface area contributed by atoms with E-state index in [0.717, 1.165) is 0 Å². The van der Waals surface area contributed by atoms with Gasteiger partial charge in [0.25, 0.3) is 0 Å². The second kappa shape index (κ2) is 6.64. The first kappa shape index (κ1) is 19.2. The van der Waals surface area contributed by atoms with Crippen molar-refractivity contribution in [2.75, 3.05) is 0 Å². The highest BCUT2D eigenvalue weighted by Gasteiger charge is 2.59. The lowest BCUT2D eigenvalue weighted by Gasteiger charge is -2.44. The van der Waals surface area contributed by atoms with Crippen LogP contribution in [0.3, 0.4) is 0 Å². The largest absolute Gasteiger partial charge is 0.481 e. The molecule has 138 valence electrons. The standard InChI is InChI=1S/C18H32N2O4/c1-10(20-16(24)12(19)7-15(22)23)13(21)8-14-17(2,3)11-5-6-18(14,4)9-11/h10-14,21H,5-9,19H2,1-4H3,(H,20,24)(H,22,23)/t10-,11-,12+,13-,14-,18+/m1/s1. The summed E-state index contributed by atoms with van der Waals surface area (Å²) in [6, 6.07) is -1.54. The van der Waals surface area contributed by atoms with Crippen LogP contribution in [0, 0.1) is 22.7 Å².